The summed E-state index contributed by atoms with van der Waals surface area (Å²) in [6.07, 6.45) is 3.87. The molecule has 35 heavy (non-hydrogen) atoms. The minimum atomic E-state index is -4.60. The molecule has 0 bridgehead atoms. The maximum Gasteiger partial charge on any atom is 0.421 e. The summed E-state index contributed by atoms with van der Waals surface area (Å²) in [5.74, 6) is 0.332. The summed E-state index contributed by atoms with van der Waals surface area (Å²) in [6.45, 7) is 4.79. The van der Waals surface area contributed by atoms with Gasteiger partial charge in [0, 0.05) is 23.6 Å². The second kappa shape index (κ2) is 13.0. The molecule has 0 aliphatic heterocycles. The highest BCUT2D eigenvalue weighted by molar-refractivity contribution is 5.64. The molecule has 0 amide bonds. The Balaban J connectivity index is 1.74. The lowest BCUT2D eigenvalue weighted by molar-refractivity contribution is -0.137. The minimum absolute atomic E-state index is 0.0755. The lowest BCUT2D eigenvalue weighted by Crippen LogP contribution is -2.12. The second-order valence-corrected chi connectivity index (χ2v) is 8.44. The van der Waals surface area contributed by atoms with Crippen LogP contribution in [0.1, 0.15) is 63.5 Å². The second-order valence-electron chi connectivity index (χ2n) is 8.44. The molecule has 0 spiro atoms. The van der Waals surface area contributed by atoms with Crippen LogP contribution in [0.5, 0.6) is 5.75 Å². The third kappa shape index (κ3) is 8.46. The fourth-order valence-electron chi connectivity index (χ4n) is 3.52. The quantitative estimate of drug-likeness (QED) is 0.238. The highest BCUT2D eigenvalue weighted by atomic mass is 19.4. The minimum Gasteiger partial charge on any atom is -0.494 e. The number of aryl methyl sites for hydroxylation is 1. The topological polar surface area (TPSA) is 59.1 Å². The van der Waals surface area contributed by atoms with Gasteiger partial charge in [0.1, 0.15) is 17.1 Å². The van der Waals surface area contributed by atoms with E-state index < -0.39 is 11.7 Å². The number of unbranched alkanes of at least 4 members (excludes halogenated alkanes) is 4. The van der Waals surface area contributed by atoms with Gasteiger partial charge in [0.2, 0.25) is 5.95 Å². The maximum absolute atomic E-state index is 13.6. The van der Waals surface area contributed by atoms with Gasteiger partial charge in [0.25, 0.3) is 0 Å². The van der Waals surface area contributed by atoms with Gasteiger partial charge in [0.15, 0.2) is 0 Å². The van der Waals surface area contributed by atoms with Gasteiger partial charge in [-0.25, -0.2) is 4.98 Å². The molecule has 1 heterocycles. The van der Waals surface area contributed by atoms with Gasteiger partial charge in [-0.3, -0.25) is 0 Å². The molecule has 3 rings (SSSR count). The van der Waals surface area contributed by atoms with E-state index in [1.807, 2.05) is 24.3 Å². The monoisotopic (exact) mass is 486 g/mol. The SMILES string of the molecule is CCCCCCc1ccc(Nc2ncc(C(F)(F)F)c(Nc3cccc(OCCCC)c3)n2)cc1. The predicted molar refractivity (Wildman–Crippen MR) is 135 cm³/mol. The molecule has 0 aliphatic rings. The highest BCUT2D eigenvalue weighted by Gasteiger charge is 2.35. The number of nitrogens with one attached hydrogen (secondary N) is 2. The number of alkyl halides is 3. The van der Waals surface area contributed by atoms with E-state index in [-0.39, 0.29) is 11.8 Å². The summed E-state index contributed by atoms with van der Waals surface area (Å²) in [6, 6.07) is 14.6. The van der Waals surface area contributed by atoms with Crippen molar-refractivity contribution in [1.29, 1.82) is 0 Å². The van der Waals surface area contributed by atoms with Gasteiger partial charge in [-0.15, -0.1) is 0 Å². The zero-order chi connectivity index (χ0) is 25.1. The summed E-state index contributed by atoms with van der Waals surface area (Å²) in [5.41, 5.74) is 1.44. The van der Waals surface area contributed by atoms with Crippen LogP contribution in [-0.2, 0) is 12.6 Å². The van der Waals surface area contributed by atoms with Crippen molar-refractivity contribution < 1.29 is 17.9 Å². The molecular weight excluding hydrogens is 453 g/mol. The van der Waals surface area contributed by atoms with Crippen molar-refractivity contribution in [3.05, 3.63) is 65.9 Å². The largest absolute Gasteiger partial charge is 0.494 e. The molecular formula is C27H33F3N4O. The fraction of sp³-hybridized carbons (Fsp3) is 0.407. The number of halogens is 3. The Kier molecular flexibility index (Phi) is 9.76. The van der Waals surface area contributed by atoms with Crippen LogP contribution in [0.3, 0.4) is 0 Å². The van der Waals surface area contributed by atoms with Gasteiger partial charge >= 0.3 is 6.18 Å². The fourth-order valence-corrected chi connectivity index (χ4v) is 3.52. The maximum atomic E-state index is 13.6. The number of anilines is 4. The van der Waals surface area contributed by atoms with Crippen LogP contribution in [0.4, 0.5) is 36.3 Å². The van der Waals surface area contributed by atoms with E-state index in [0.717, 1.165) is 31.9 Å². The molecule has 0 unspecified atom stereocenters. The van der Waals surface area contributed by atoms with Crippen LogP contribution >= 0.6 is 0 Å². The van der Waals surface area contributed by atoms with Gasteiger partial charge in [-0.2, -0.15) is 18.2 Å². The average Bonchev–Trinajstić information content (AvgIpc) is 2.83. The molecule has 188 valence electrons. The molecule has 0 saturated carbocycles. The molecule has 0 fully saturated rings. The van der Waals surface area contributed by atoms with Crippen molar-refractivity contribution in [1.82, 2.24) is 9.97 Å². The molecule has 5 nitrogen and oxygen atoms in total. The Hall–Kier alpha value is -3.29. The molecule has 0 saturated heterocycles. The Morgan fingerprint density at radius 2 is 1.63 bits per heavy atom. The summed E-state index contributed by atoms with van der Waals surface area (Å²) < 4.78 is 46.5. The van der Waals surface area contributed by atoms with Gasteiger partial charge in [-0.1, -0.05) is 57.7 Å². The Morgan fingerprint density at radius 3 is 2.34 bits per heavy atom. The third-order valence-corrected chi connectivity index (χ3v) is 5.49. The molecule has 0 aliphatic carbocycles. The molecule has 2 N–H and O–H groups in total. The Morgan fingerprint density at radius 1 is 0.857 bits per heavy atom. The van der Waals surface area contributed by atoms with E-state index in [1.165, 1.54) is 24.8 Å². The van der Waals surface area contributed by atoms with Crippen LogP contribution in [-0.4, -0.2) is 16.6 Å². The standard InChI is InChI=1S/C27H33F3N4O/c1-3-5-7-8-10-20-13-15-21(16-14-20)33-26-31-19-24(27(28,29)30)25(34-26)32-22-11-9-12-23(18-22)35-17-6-4-2/h9,11-16,18-19H,3-8,10,17H2,1-2H3,(H2,31,32,33,34). The first-order chi connectivity index (χ1) is 16.9. The van der Waals surface area contributed by atoms with E-state index in [2.05, 4.69) is 34.4 Å². The summed E-state index contributed by atoms with van der Waals surface area (Å²) in [5, 5.41) is 5.79. The first kappa shape index (κ1) is 26.3. The van der Waals surface area contributed by atoms with E-state index in [4.69, 9.17) is 4.74 Å². The Labute approximate surface area is 205 Å². The van der Waals surface area contributed by atoms with Crippen LogP contribution in [0, 0.1) is 0 Å². The van der Waals surface area contributed by atoms with Crippen molar-refractivity contribution in [2.45, 2.75) is 65.0 Å². The number of ether oxygens (including phenoxy) is 1. The lowest BCUT2D eigenvalue weighted by Gasteiger charge is -2.15. The number of hydrogen-bond donors (Lipinski definition) is 2. The normalized spacial score (nSPS) is 11.3. The Bertz CT molecular complexity index is 1060. The first-order valence-corrected chi connectivity index (χ1v) is 12.2. The smallest absolute Gasteiger partial charge is 0.421 e. The van der Waals surface area contributed by atoms with E-state index >= 15 is 0 Å². The molecule has 3 aromatic rings. The lowest BCUT2D eigenvalue weighted by atomic mass is 10.1. The summed E-state index contributed by atoms with van der Waals surface area (Å²) >= 11 is 0. The molecule has 0 radical (unpaired) electrons. The molecule has 1 aromatic heterocycles. The third-order valence-electron chi connectivity index (χ3n) is 5.49. The first-order valence-electron chi connectivity index (χ1n) is 12.2. The van der Waals surface area contributed by atoms with E-state index in [9.17, 15) is 13.2 Å². The zero-order valence-electron chi connectivity index (χ0n) is 20.3. The van der Waals surface area contributed by atoms with E-state index in [1.54, 1.807) is 24.3 Å². The summed E-state index contributed by atoms with van der Waals surface area (Å²) in [4.78, 5) is 8.03. The van der Waals surface area contributed by atoms with Gasteiger partial charge in [-0.05, 0) is 49.1 Å². The molecule has 2 aromatic carbocycles. The number of benzene rings is 2. The van der Waals surface area contributed by atoms with Crippen molar-refractivity contribution in [2.75, 3.05) is 17.2 Å². The van der Waals surface area contributed by atoms with Crippen molar-refractivity contribution in [2.24, 2.45) is 0 Å². The number of aromatic nitrogens is 2. The van der Waals surface area contributed by atoms with Crippen LogP contribution in [0.2, 0.25) is 0 Å². The number of hydrogen-bond acceptors (Lipinski definition) is 5. The van der Waals surface area contributed by atoms with Crippen LogP contribution < -0.4 is 15.4 Å². The van der Waals surface area contributed by atoms with Crippen LogP contribution in [0.25, 0.3) is 0 Å². The predicted octanol–water partition coefficient (Wildman–Crippen LogP) is 8.28. The van der Waals surface area contributed by atoms with Gasteiger partial charge < -0.3 is 15.4 Å². The number of nitrogens with zero attached hydrogens (tertiary/aromatic N) is 2. The molecule has 0 atom stereocenters. The van der Waals surface area contributed by atoms with Gasteiger partial charge in [0.05, 0.1) is 6.61 Å². The van der Waals surface area contributed by atoms with Crippen molar-refractivity contribution >= 4 is 23.1 Å². The molecule has 8 heteroatoms. The van der Waals surface area contributed by atoms with E-state index in [0.29, 0.717) is 23.7 Å². The summed E-state index contributed by atoms with van der Waals surface area (Å²) in [7, 11) is 0. The highest BCUT2D eigenvalue weighted by Crippen LogP contribution is 2.35. The zero-order valence-corrected chi connectivity index (χ0v) is 20.3. The van der Waals surface area contributed by atoms with Crippen molar-refractivity contribution in [3.8, 4) is 5.75 Å². The average molecular weight is 487 g/mol. The number of rotatable bonds is 13. The van der Waals surface area contributed by atoms with Crippen LogP contribution in [0.15, 0.2) is 54.7 Å². The van der Waals surface area contributed by atoms with Crippen molar-refractivity contribution in [3.63, 3.8) is 0 Å².